The Kier molecular flexibility index (Phi) is 7.49. The number of sulfonamides is 1. The molecule has 1 aliphatic rings. The fourth-order valence-corrected chi connectivity index (χ4v) is 6.04. The van der Waals surface area contributed by atoms with Crippen LogP contribution in [0.4, 0.5) is 0 Å². The van der Waals surface area contributed by atoms with E-state index in [1.165, 1.54) is 28.9 Å². The van der Waals surface area contributed by atoms with Gasteiger partial charge in [0.05, 0.1) is 10.8 Å². The third-order valence-corrected chi connectivity index (χ3v) is 8.48. The second-order valence-corrected chi connectivity index (χ2v) is 10.8. The summed E-state index contributed by atoms with van der Waals surface area (Å²) < 4.78 is 27.2. The first-order chi connectivity index (χ1) is 15.5. The molecule has 170 valence electrons. The Balaban J connectivity index is 1.25. The molecular formula is C23H28N4O3S2. The molecule has 0 saturated carbocycles. The minimum absolute atomic E-state index is 0.0714. The number of rotatable bonds is 8. The van der Waals surface area contributed by atoms with E-state index in [0.717, 1.165) is 37.6 Å². The monoisotopic (exact) mass is 472 g/mol. The number of aromatic nitrogens is 2. The predicted octanol–water partition coefficient (Wildman–Crippen LogP) is 3.58. The number of nitrogens with one attached hydrogen (secondary N) is 2. The molecule has 1 aliphatic heterocycles. The summed E-state index contributed by atoms with van der Waals surface area (Å²) in [5, 5.41) is 4.74. The molecule has 0 atom stereocenters. The maximum Gasteiger partial charge on any atom is 0.244 e. The molecule has 9 heteroatoms. The molecule has 0 aliphatic carbocycles. The number of fused-ring (bicyclic) bond motifs is 1. The summed E-state index contributed by atoms with van der Waals surface area (Å²) in [7, 11) is -3.50. The van der Waals surface area contributed by atoms with E-state index < -0.39 is 10.0 Å². The maximum absolute atomic E-state index is 12.8. The Morgan fingerprint density at radius 1 is 1.09 bits per heavy atom. The topological polar surface area (TPSA) is 95.2 Å². The number of carbonyl (C=O) groups excluding carboxylic acids is 1. The van der Waals surface area contributed by atoms with E-state index in [9.17, 15) is 13.2 Å². The number of para-hydroxylation sites is 1. The van der Waals surface area contributed by atoms with E-state index in [1.54, 1.807) is 16.4 Å². The lowest BCUT2D eigenvalue weighted by atomic mass is 10.1. The molecule has 3 heterocycles. The highest BCUT2D eigenvalue weighted by molar-refractivity contribution is 7.99. The maximum atomic E-state index is 12.8. The third kappa shape index (κ3) is 5.51. The number of carbonyl (C=O) groups is 1. The molecule has 7 nitrogen and oxygen atoms in total. The largest absolute Gasteiger partial charge is 0.361 e. The van der Waals surface area contributed by atoms with Crippen molar-refractivity contribution in [1.29, 1.82) is 0 Å². The number of thioether (sulfide) groups is 1. The van der Waals surface area contributed by atoms with E-state index in [1.807, 2.05) is 24.4 Å². The summed E-state index contributed by atoms with van der Waals surface area (Å²) in [6.45, 7) is 1.69. The van der Waals surface area contributed by atoms with Crippen molar-refractivity contribution in [3.05, 3.63) is 54.4 Å². The summed E-state index contributed by atoms with van der Waals surface area (Å²) in [5.74, 6) is 0.164. The van der Waals surface area contributed by atoms with Crippen LogP contribution in [0.15, 0.2) is 58.7 Å². The van der Waals surface area contributed by atoms with Gasteiger partial charge in [0.1, 0.15) is 4.90 Å². The van der Waals surface area contributed by atoms with Crippen LogP contribution in [-0.2, 0) is 21.2 Å². The van der Waals surface area contributed by atoms with Gasteiger partial charge in [-0.05, 0) is 43.0 Å². The average Bonchev–Trinajstić information content (AvgIpc) is 3.01. The number of H-pyrrole nitrogens is 1. The van der Waals surface area contributed by atoms with E-state index in [4.69, 9.17) is 0 Å². The van der Waals surface area contributed by atoms with Crippen molar-refractivity contribution in [2.24, 2.45) is 0 Å². The predicted molar refractivity (Wildman–Crippen MR) is 127 cm³/mol. The number of hydrogen-bond donors (Lipinski definition) is 2. The molecule has 1 fully saturated rings. The zero-order chi connectivity index (χ0) is 22.4. The first-order valence-corrected chi connectivity index (χ1v) is 13.4. The molecule has 0 bridgehead atoms. The van der Waals surface area contributed by atoms with Gasteiger partial charge in [-0.2, -0.15) is 4.31 Å². The van der Waals surface area contributed by atoms with E-state index in [-0.39, 0.29) is 16.6 Å². The van der Waals surface area contributed by atoms with Crippen LogP contribution in [0.2, 0.25) is 0 Å². The van der Waals surface area contributed by atoms with Crippen LogP contribution in [0.3, 0.4) is 0 Å². The zero-order valence-electron chi connectivity index (χ0n) is 17.9. The summed E-state index contributed by atoms with van der Waals surface area (Å²) >= 11 is 1.30. The van der Waals surface area contributed by atoms with Crippen LogP contribution in [0.5, 0.6) is 0 Å². The standard InChI is InChI=1S/C23H28N4O3S2/c28-22(24-12-11-18-15-25-21-8-4-3-7-20(18)21)17-31-23-10-9-19(16-26-23)32(29,30)27-13-5-1-2-6-14-27/h3-4,7-10,15-16,25H,1-2,5-6,11-14,17H2,(H,24,28). The summed E-state index contributed by atoms with van der Waals surface area (Å²) in [6.07, 6.45) is 8.08. The van der Waals surface area contributed by atoms with Gasteiger partial charge in [0, 0.05) is 42.9 Å². The van der Waals surface area contributed by atoms with Crippen LogP contribution < -0.4 is 5.32 Å². The first-order valence-electron chi connectivity index (χ1n) is 10.9. The van der Waals surface area contributed by atoms with Gasteiger partial charge in [0.25, 0.3) is 0 Å². The molecule has 2 aromatic heterocycles. The summed E-state index contributed by atoms with van der Waals surface area (Å²) in [5.41, 5.74) is 2.27. The third-order valence-electron chi connectivity index (χ3n) is 5.65. The van der Waals surface area contributed by atoms with Crippen LogP contribution in [0, 0.1) is 0 Å². The van der Waals surface area contributed by atoms with Gasteiger partial charge in [-0.25, -0.2) is 13.4 Å². The van der Waals surface area contributed by atoms with Crippen LogP contribution in [-0.4, -0.2) is 54.0 Å². The molecule has 4 rings (SSSR count). The van der Waals surface area contributed by atoms with Crippen molar-refractivity contribution in [2.45, 2.75) is 42.0 Å². The van der Waals surface area contributed by atoms with E-state index in [0.29, 0.717) is 24.7 Å². The minimum atomic E-state index is -3.50. The molecule has 1 aromatic carbocycles. The number of benzene rings is 1. The molecule has 2 N–H and O–H groups in total. The number of pyridine rings is 1. The minimum Gasteiger partial charge on any atom is -0.361 e. The Hall–Kier alpha value is -2.36. The highest BCUT2D eigenvalue weighted by Crippen LogP contribution is 2.22. The molecule has 0 unspecified atom stereocenters. The normalized spacial score (nSPS) is 15.5. The smallest absolute Gasteiger partial charge is 0.244 e. The Labute approximate surface area is 193 Å². The second-order valence-electron chi connectivity index (χ2n) is 7.90. The van der Waals surface area contributed by atoms with Gasteiger partial charge in [-0.15, -0.1) is 0 Å². The van der Waals surface area contributed by atoms with Crippen molar-refractivity contribution in [1.82, 2.24) is 19.6 Å². The van der Waals surface area contributed by atoms with Crippen molar-refractivity contribution in [3.63, 3.8) is 0 Å². The quantitative estimate of drug-likeness (QED) is 0.489. The van der Waals surface area contributed by atoms with Gasteiger partial charge in [-0.1, -0.05) is 42.8 Å². The van der Waals surface area contributed by atoms with Crippen molar-refractivity contribution < 1.29 is 13.2 Å². The molecule has 0 spiro atoms. The lowest BCUT2D eigenvalue weighted by molar-refractivity contribution is -0.118. The number of aromatic amines is 1. The molecule has 1 saturated heterocycles. The molecular weight excluding hydrogens is 444 g/mol. The SMILES string of the molecule is O=C(CSc1ccc(S(=O)(=O)N2CCCCCC2)cn1)NCCc1c[nH]c2ccccc12. The number of nitrogens with zero attached hydrogens (tertiary/aromatic N) is 2. The average molecular weight is 473 g/mol. The Morgan fingerprint density at radius 3 is 2.62 bits per heavy atom. The van der Waals surface area contributed by atoms with Crippen LogP contribution in [0.1, 0.15) is 31.2 Å². The number of hydrogen-bond acceptors (Lipinski definition) is 5. The van der Waals surface area contributed by atoms with Gasteiger partial charge >= 0.3 is 0 Å². The number of amides is 1. The van der Waals surface area contributed by atoms with Gasteiger partial charge in [0.2, 0.25) is 15.9 Å². The van der Waals surface area contributed by atoms with E-state index in [2.05, 4.69) is 21.4 Å². The highest BCUT2D eigenvalue weighted by atomic mass is 32.2. The Bertz CT molecular complexity index is 1150. The van der Waals surface area contributed by atoms with Crippen molar-refractivity contribution in [3.8, 4) is 0 Å². The van der Waals surface area contributed by atoms with Crippen molar-refractivity contribution in [2.75, 3.05) is 25.4 Å². The zero-order valence-corrected chi connectivity index (χ0v) is 19.6. The molecule has 1 amide bonds. The van der Waals surface area contributed by atoms with Crippen LogP contribution in [0.25, 0.3) is 10.9 Å². The second kappa shape index (κ2) is 10.5. The first kappa shape index (κ1) is 22.8. The molecule has 3 aromatic rings. The highest BCUT2D eigenvalue weighted by Gasteiger charge is 2.25. The van der Waals surface area contributed by atoms with Gasteiger partial charge < -0.3 is 10.3 Å². The van der Waals surface area contributed by atoms with Gasteiger partial charge in [0.15, 0.2) is 0 Å². The molecule has 32 heavy (non-hydrogen) atoms. The lowest BCUT2D eigenvalue weighted by Gasteiger charge is -2.19. The van der Waals surface area contributed by atoms with E-state index >= 15 is 0 Å². The fourth-order valence-electron chi connectivity index (χ4n) is 3.90. The van der Waals surface area contributed by atoms with Crippen molar-refractivity contribution >= 4 is 38.6 Å². The van der Waals surface area contributed by atoms with Gasteiger partial charge in [-0.3, -0.25) is 4.79 Å². The summed E-state index contributed by atoms with van der Waals surface area (Å²) in [6, 6.07) is 11.4. The lowest BCUT2D eigenvalue weighted by Crippen LogP contribution is -2.32. The fraction of sp³-hybridized carbons (Fsp3) is 0.391. The summed E-state index contributed by atoms with van der Waals surface area (Å²) in [4.78, 5) is 19.9. The van der Waals surface area contributed by atoms with Crippen LogP contribution >= 0.6 is 11.8 Å². The Morgan fingerprint density at radius 2 is 1.88 bits per heavy atom. The molecule has 0 radical (unpaired) electrons.